The van der Waals surface area contributed by atoms with Gasteiger partial charge in [0.25, 0.3) is 0 Å². The van der Waals surface area contributed by atoms with Crippen molar-refractivity contribution >= 4 is 32.7 Å². The number of sulfonamides is 1. The number of amides is 1. The van der Waals surface area contributed by atoms with E-state index in [9.17, 15) is 17.6 Å². The van der Waals surface area contributed by atoms with Gasteiger partial charge >= 0.3 is 6.09 Å². The largest absolute Gasteiger partial charge is 0.443 e. The summed E-state index contributed by atoms with van der Waals surface area (Å²) in [5.74, 6) is -0.511. The number of halogens is 1. The molecule has 8 nitrogen and oxygen atoms in total. The standard InChI is InChI=1S/C18H17FN4O4S/c1-28(25,26)21-8-14-10-23(18(24)27-14)13-4-5-17(15(19)7-13)22-9-12-3-2-6-20-16(12)11-22/h2-7,9,11,14,21H,8,10H2,1H3. The Morgan fingerprint density at radius 3 is 2.86 bits per heavy atom. The molecular formula is C18H17FN4O4S. The summed E-state index contributed by atoms with van der Waals surface area (Å²) in [5, 5.41) is 0.885. The number of fused-ring (bicyclic) bond motifs is 1. The van der Waals surface area contributed by atoms with Crippen molar-refractivity contribution in [2.75, 3.05) is 24.2 Å². The number of carbonyl (C=O) groups is 1. The van der Waals surface area contributed by atoms with Crippen molar-refractivity contribution < 1.29 is 22.3 Å². The molecule has 0 aliphatic carbocycles. The Morgan fingerprint density at radius 2 is 2.14 bits per heavy atom. The molecule has 3 heterocycles. The lowest BCUT2D eigenvalue weighted by Crippen LogP contribution is -2.34. The third-order valence-electron chi connectivity index (χ3n) is 4.38. The van der Waals surface area contributed by atoms with E-state index in [1.807, 2.05) is 6.07 Å². The average molecular weight is 404 g/mol. The molecule has 146 valence electrons. The van der Waals surface area contributed by atoms with Gasteiger partial charge in [0.2, 0.25) is 10.0 Å². The molecule has 3 aromatic rings. The number of hydrogen-bond acceptors (Lipinski definition) is 5. The van der Waals surface area contributed by atoms with Gasteiger partial charge in [-0.05, 0) is 30.3 Å². The van der Waals surface area contributed by atoms with Gasteiger partial charge in [0.1, 0.15) is 11.9 Å². The minimum Gasteiger partial charge on any atom is -0.443 e. The molecular weight excluding hydrogens is 387 g/mol. The van der Waals surface area contributed by atoms with Crippen LogP contribution in [0.3, 0.4) is 0 Å². The maximum absolute atomic E-state index is 14.7. The van der Waals surface area contributed by atoms with Crippen LogP contribution < -0.4 is 9.62 Å². The first-order valence-electron chi connectivity index (χ1n) is 8.45. The van der Waals surface area contributed by atoms with Crippen LogP contribution in [0, 0.1) is 5.82 Å². The maximum atomic E-state index is 14.7. The molecule has 1 unspecified atom stereocenters. The van der Waals surface area contributed by atoms with Gasteiger partial charge in [0, 0.05) is 30.5 Å². The second kappa shape index (κ2) is 6.88. The van der Waals surface area contributed by atoms with Crippen molar-refractivity contribution in [1.82, 2.24) is 14.3 Å². The van der Waals surface area contributed by atoms with E-state index in [4.69, 9.17) is 4.74 Å². The number of ether oxygens (including phenoxy) is 1. The molecule has 0 radical (unpaired) electrons. The van der Waals surface area contributed by atoms with Crippen LogP contribution in [0.5, 0.6) is 0 Å². The maximum Gasteiger partial charge on any atom is 0.414 e. The lowest BCUT2D eigenvalue weighted by molar-refractivity contribution is 0.143. The summed E-state index contributed by atoms with van der Waals surface area (Å²) in [4.78, 5) is 17.6. The second-order valence-corrected chi connectivity index (χ2v) is 8.35. The van der Waals surface area contributed by atoms with E-state index in [1.54, 1.807) is 41.4 Å². The molecule has 2 aromatic heterocycles. The van der Waals surface area contributed by atoms with Crippen LogP contribution in [-0.2, 0) is 14.8 Å². The molecule has 1 N–H and O–H groups in total. The van der Waals surface area contributed by atoms with Crippen LogP contribution in [0.4, 0.5) is 14.9 Å². The molecule has 4 rings (SSSR count). The molecule has 1 aliphatic heterocycles. The number of cyclic esters (lactones) is 1. The minimum atomic E-state index is -3.39. The number of nitrogens with zero attached hydrogens (tertiary/aromatic N) is 3. The smallest absolute Gasteiger partial charge is 0.414 e. The number of aromatic nitrogens is 2. The summed E-state index contributed by atoms with van der Waals surface area (Å²) in [6.07, 6.45) is 4.90. The number of pyridine rings is 1. The summed E-state index contributed by atoms with van der Waals surface area (Å²) < 4.78 is 46.2. The first kappa shape index (κ1) is 18.4. The van der Waals surface area contributed by atoms with Crippen molar-refractivity contribution in [2.45, 2.75) is 6.10 Å². The van der Waals surface area contributed by atoms with Gasteiger partial charge in [-0.2, -0.15) is 0 Å². The van der Waals surface area contributed by atoms with Gasteiger partial charge < -0.3 is 9.30 Å². The van der Waals surface area contributed by atoms with E-state index in [0.717, 1.165) is 17.2 Å². The van der Waals surface area contributed by atoms with Gasteiger partial charge in [0.05, 0.1) is 29.7 Å². The average Bonchev–Trinajstić information content (AvgIpc) is 3.22. The molecule has 0 spiro atoms. The van der Waals surface area contributed by atoms with Gasteiger partial charge in [-0.3, -0.25) is 9.88 Å². The van der Waals surface area contributed by atoms with Gasteiger partial charge in [-0.1, -0.05) is 0 Å². The van der Waals surface area contributed by atoms with Crippen molar-refractivity contribution in [1.29, 1.82) is 0 Å². The minimum absolute atomic E-state index is 0.0371. The van der Waals surface area contributed by atoms with Crippen molar-refractivity contribution in [2.24, 2.45) is 0 Å². The van der Waals surface area contributed by atoms with Crippen LogP contribution in [0.1, 0.15) is 0 Å². The Labute approximate surface area is 160 Å². The quantitative estimate of drug-likeness (QED) is 0.702. The molecule has 1 fully saturated rings. The van der Waals surface area contributed by atoms with Crippen LogP contribution in [0.25, 0.3) is 16.6 Å². The first-order valence-corrected chi connectivity index (χ1v) is 10.3. The van der Waals surface area contributed by atoms with Crippen LogP contribution in [-0.4, -0.2) is 49.5 Å². The molecule has 1 atom stereocenters. The van der Waals surface area contributed by atoms with E-state index in [1.165, 1.54) is 11.0 Å². The molecule has 1 saturated heterocycles. The summed E-state index contributed by atoms with van der Waals surface area (Å²) in [7, 11) is -3.39. The summed E-state index contributed by atoms with van der Waals surface area (Å²) in [5.41, 5.74) is 1.41. The highest BCUT2D eigenvalue weighted by Crippen LogP contribution is 2.26. The first-order chi connectivity index (χ1) is 13.3. The van der Waals surface area contributed by atoms with E-state index in [0.29, 0.717) is 11.4 Å². The predicted molar refractivity (Wildman–Crippen MR) is 101 cm³/mol. The van der Waals surface area contributed by atoms with E-state index >= 15 is 0 Å². The Morgan fingerprint density at radius 1 is 1.32 bits per heavy atom. The molecule has 1 aromatic carbocycles. The zero-order chi connectivity index (χ0) is 19.9. The van der Waals surface area contributed by atoms with Crippen LogP contribution in [0.2, 0.25) is 0 Å². The van der Waals surface area contributed by atoms with Crippen molar-refractivity contribution in [3.05, 3.63) is 54.7 Å². The second-order valence-electron chi connectivity index (χ2n) is 6.52. The third-order valence-corrected chi connectivity index (χ3v) is 5.07. The molecule has 1 aliphatic rings. The number of hydrogen-bond donors (Lipinski definition) is 1. The molecule has 0 saturated carbocycles. The Kier molecular flexibility index (Phi) is 4.52. The van der Waals surface area contributed by atoms with E-state index in [-0.39, 0.29) is 13.1 Å². The zero-order valence-electron chi connectivity index (χ0n) is 14.9. The molecule has 0 bridgehead atoms. The Hall–Kier alpha value is -2.98. The normalized spacial score (nSPS) is 17.3. The molecule has 1 amide bonds. The molecule has 10 heteroatoms. The Bertz CT molecular complexity index is 1130. The lowest BCUT2D eigenvalue weighted by atomic mass is 10.2. The van der Waals surface area contributed by atoms with Crippen LogP contribution >= 0.6 is 0 Å². The number of nitrogens with one attached hydrogen (secondary N) is 1. The third kappa shape index (κ3) is 3.69. The number of benzene rings is 1. The van der Waals surface area contributed by atoms with Crippen molar-refractivity contribution in [3.63, 3.8) is 0 Å². The summed E-state index contributed by atoms with van der Waals surface area (Å²) in [6.45, 7) is 0.0854. The summed E-state index contributed by atoms with van der Waals surface area (Å²) in [6, 6.07) is 8.13. The number of rotatable bonds is 5. The van der Waals surface area contributed by atoms with Gasteiger partial charge in [0.15, 0.2) is 0 Å². The van der Waals surface area contributed by atoms with Gasteiger partial charge in [-0.15, -0.1) is 0 Å². The van der Waals surface area contributed by atoms with Crippen LogP contribution in [0.15, 0.2) is 48.9 Å². The zero-order valence-corrected chi connectivity index (χ0v) is 15.7. The fraction of sp³-hybridized carbons (Fsp3) is 0.222. The Balaban J connectivity index is 1.55. The predicted octanol–water partition coefficient (Wildman–Crippen LogP) is 2.04. The highest BCUT2D eigenvalue weighted by atomic mass is 32.2. The monoisotopic (exact) mass is 404 g/mol. The van der Waals surface area contributed by atoms with E-state index < -0.39 is 28.0 Å². The summed E-state index contributed by atoms with van der Waals surface area (Å²) >= 11 is 0. The van der Waals surface area contributed by atoms with Gasteiger partial charge in [-0.25, -0.2) is 22.3 Å². The van der Waals surface area contributed by atoms with E-state index in [2.05, 4.69) is 9.71 Å². The fourth-order valence-electron chi connectivity index (χ4n) is 3.06. The topological polar surface area (TPSA) is 93.5 Å². The number of carbonyl (C=O) groups excluding carboxylic acids is 1. The highest BCUT2D eigenvalue weighted by molar-refractivity contribution is 7.88. The lowest BCUT2D eigenvalue weighted by Gasteiger charge is -2.14. The molecule has 28 heavy (non-hydrogen) atoms. The van der Waals surface area contributed by atoms with Crippen molar-refractivity contribution in [3.8, 4) is 5.69 Å². The highest BCUT2D eigenvalue weighted by Gasteiger charge is 2.33. The fourth-order valence-corrected chi connectivity index (χ4v) is 3.55. The SMILES string of the molecule is CS(=O)(=O)NCC1CN(c2ccc(-n3cc4cccnc4c3)c(F)c2)C(=O)O1. The number of anilines is 1.